The van der Waals surface area contributed by atoms with Crippen LogP contribution in [0.4, 0.5) is 0 Å². The molecular formula is C11H16N2O4S. The molecule has 100 valence electrons. The predicted molar refractivity (Wildman–Crippen MR) is 67.8 cm³/mol. The third-order valence-corrected chi connectivity index (χ3v) is 3.40. The van der Waals surface area contributed by atoms with E-state index in [0.717, 1.165) is 5.56 Å². The zero-order chi connectivity index (χ0) is 13.6. The Morgan fingerprint density at radius 2 is 1.78 bits per heavy atom. The van der Waals surface area contributed by atoms with E-state index in [9.17, 15) is 8.42 Å². The fourth-order valence-electron chi connectivity index (χ4n) is 1.15. The van der Waals surface area contributed by atoms with Gasteiger partial charge in [0.05, 0.1) is 11.1 Å². The first kappa shape index (κ1) is 14.6. The van der Waals surface area contributed by atoms with Crippen molar-refractivity contribution in [1.82, 2.24) is 4.83 Å². The van der Waals surface area contributed by atoms with Crippen molar-refractivity contribution in [2.45, 2.75) is 18.1 Å². The number of ether oxygens (including phenoxy) is 2. The Hall–Kier alpha value is -1.44. The molecule has 7 heteroatoms. The minimum Gasteiger partial charge on any atom is -0.351 e. The van der Waals surface area contributed by atoms with Crippen LogP contribution in [0.25, 0.3) is 0 Å². The monoisotopic (exact) mass is 272 g/mol. The van der Waals surface area contributed by atoms with Gasteiger partial charge in [-0.1, -0.05) is 17.7 Å². The van der Waals surface area contributed by atoms with Crippen LogP contribution < -0.4 is 4.83 Å². The highest BCUT2D eigenvalue weighted by molar-refractivity contribution is 7.89. The van der Waals surface area contributed by atoms with Crippen LogP contribution in [-0.2, 0) is 19.5 Å². The maximum absolute atomic E-state index is 11.8. The smallest absolute Gasteiger partial charge is 0.276 e. The maximum Gasteiger partial charge on any atom is 0.276 e. The van der Waals surface area contributed by atoms with Gasteiger partial charge in [-0.15, -0.1) is 0 Å². The molecule has 0 bridgehead atoms. The van der Waals surface area contributed by atoms with E-state index < -0.39 is 16.3 Å². The zero-order valence-electron chi connectivity index (χ0n) is 10.5. The molecule has 0 aliphatic heterocycles. The highest BCUT2D eigenvalue weighted by Crippen LogP contribution is 2.09. The Balaban J connectivity index is 2.74. The molecule has 1 N–H and O–H groups in total. The lowest BCUT2D eigenvalue weighted by molar-refractivity contribution is -0.0486. The first-order valence-corrected chi connectivity index (χ1v) is 6.65. The Bertz CT molecular complexity index is 492. The molecule has 0 spiro atoms. The molecule has 1 aromatic rings. The van der Waals surface area contributed by atoms with Crippen molar-refractivity contribution in [3.8, 4) is 0 Å². The van der Waals surface area contributed by atoms with Gasteiger partial charge in [0.2, 0.25) is 0 Å². The summed E-state index contributed by atoms with van der Waals surface area (Å²) in [7, 11) is -0.798. The number of sulfonamides is 1. The highest BCUT2D eigenvalue weighted by Gasteiger charge is 2.12. The van der Waals surface area contributed by atoms with Crippen molar-refractivity contribution in [1.29, 1.82) is 0 Å². The number of nitrogens with zero attached hydrogens (tertiary/aromatic N) is 1. The summed E-state index contributed by atoms with van der Waals surface area (Å²) in [6.45, 7) is 1.88. The van der Waals surface area contributed by atoms with Gasteiger partial charge in [0.1, 0.15) is 0 Å². The van der Waals surface area contributed by atoms with Gasteiger partial charge >= 0.3 is 0 Å². The topological polar surface area (TPSA) is 77.0 Å². The largest absolute Gasteiger partial charge is 0.351 e. The average molecular weight is 272 g/mol. The summed E-state index contributed by atoms with van der Waals surface area (Å²) >= 11 is 0. The maximum atomic E-state index is 11.8. The van der Waals surface area contributed by atoms with Gasteiger partial charge < -0.3 is 9.47 Å². The zero-order valence-corrected chi connectivity index (χ0v) is 11.3. The van der Waals surface area contributed by atoms with Crippen LogP contribution in [-0.4, -0.2) is 35.1 Å². The van der Waals surface area contributed by atoms with E-state index >= 15 is 0 Å². The fourth-order valence-corrected chi connectivity index (χ4v) is 1.95. The molecule has 0 radical (unpaired) electrons. The minimum absolute atomic E-state index is 0.150. The first-order chi connectivity index (χ1) is 8.49. The lowest BCUT2D eigenvalue weighted by Gasteiger charge is -2.07. The number of aryl methyl sites for hydroxylation is 1. The Kier molecular flexibility index (Phi) is 5.26. The lowest BCUT2D eigenvalue weighted by Crippen LogP contribution is -2.21. The third-order valence-electron chi connectivity index (χ3n) is 2.17. The summed E-state index contributed by atoms with van der Waals surface area (Å²) in [4.78, 5) is 2.23. The Labute approximate surface area is 107 Å². The molecular weight excluding hydrogens is 256 g/mol. The molecule has 0 saturated heterocycles. The number of benzene rings is 1. The van der Waals surface area contributed by atoms with Crippen molar-refractivity contribution in [3.05, 3.63) is 29.8 Å². The molecule has 0 aromatic heterocycles. The normalized spacial score (nSPS) is 12.2. The summed E-state index contributed by atoms with van der Waals surface area (Å²) in [5.74, 6) is 0. The molecule has 1 aromatic carbocycles. The highest BCUT2D eigenvalue weighted by atomic mass is 32.2. The van der Waals surface area contributed by atoms with Crippen LogP contribution in [0.15, 0.2) is 34.3 Å². The average Bonchev–Trinajstić information content (AvgIpc) is 2.35. The first-order valence-electron chi connectivity index (χ1n) is 5.17. The standard InChI is InChI=1S/C11H16N2O4S/c1-9-4-6-10(7-5-9)18(14,15)13-12-8-11(16-2)17-3/h4-8,11,13H,1-3H3/b12-8+. The van der Waals surface area contributed by atoms with E-state index in [-0.39, 0.29) is 4.90 Å². The van der Waals surface area contributed by atoms with Crippen molar-refractivity contribution < 1.29 is 17.9 Å². The molecule has 0 saturated carbocycles. The van der Waals surface area contributed by atoms with Crippen molar-refractivity contribution in [2.75, 3.05) is 14.2 Å². The van der Waals surface area contributed by atoms with Gasteiger partial charge in [-0.05, 0) is 19.1 Å². The van der Waals surface area contributed by atoms with Crippen molar-refractivity contribution in [3.63, 3.8) is 0 Å². The second-order valence-corrected chi connectivity index (χ2v) is 5.19. The molecule has 0 atom stereocenters. The van der Waals surface area contributed by atoms with Crippen LogP contribution in [0.3, 0.4) is 0 Å². The van der Waals surface area contributed by atoms with E-state index in [0.29, 0.717) is 0 Å². The van der Waals surface area contributed by atoms with E-state index in [4.69, 9.17) is 9.47 Å². The summed E-state index contributed by atoms with van der Waals surface area (Å²) in [6, 6.07) is 6.45. The molecule has 0 heterocycles. The summed E-state index contributed by atoms with van der Waals surface area (Å²) in [5, 5.41) is 3.57. The summed E-state index contributed by atoms with van der Waals surface area (Å²) in [5.41, 5.74) is 0.983. The molecule has 0 fully saturated rings. The van der Waals surface area contributed by atoms with Gasteiger partial charge in [0.25, 0.3) is 10.0 Å². The van der Waals surface area contributed by atoms with Gasteiger partial charge in [-0.2, -0.15) is 13.5 Å². The Morgan fingerprint density at radius 1 is 1.22 bits per heavy atom. The molecule has 0 aliphatic carbocycles. The number of methoxy groups -OCH3 is 2. The summed E-state index contributed by atoms with van der Waals surface area (Å²) in [6.07, 6.45) is 0.525. The second-order valence-electron chi connectivity index (χ2n) is 3.53. The second kappa shape index (κ2) is 6.48. The molecule has 1 rings (SSSR count). The van der Waals surface area contributed by atoms with Gasteiger partial charge in [0, 0.05) is 14.2 Å². The molecule has 0 aliphatic rings. The molecule has 18 heavy (non-hydrogen) atoms. The Morgan fingerprint density at radius 3 is 2.28 bits per heavy atom. The van der Waals surface area contributed by atoms with Crippen LogP contribution in [0.2, 0.25) is 0 Å². The van der Waals surface area contributed by atoms with Crippen LogP contribution in [0.5, 0.6) is 0 Å². The summed E-state index contributed by atoms with van der Waals surface area (Å²) < 4.78 is 33.2. The van der Waals surface area contributed by atoms with Crippen LogP contribution >= 0.6 is 0 Å². The van der Waals surface area contributed by atoms with Gasteiger partial charge in [0.15, 0.2) is 6.29 Å². The molecule has 0 unspecified atom stereocenters. The predicted octanol–water partition coefficient (Wildman–Crippen LogP) is 0.878. The fraction of sp³-hybridized carbons (Fsp3) is 0.364. The number of hydrogen-bond acceptors (Lipinski definition) is 5. The van der Waals surface area contributed by atoms with E-state index in [1.54, 1.807) is 12.1 Å². The lowest BCUT2D eigenvalue weighted by atomic mass is 10.2. The van der Waals surface area contributed by atoms with Gasteiger partial charge in [-0.25, -0.2) is 4.83 Å². The van der Waals surface area contributed by atoms with Gasteiger partial charge in [-0.3, -0.25) is 0 Å². The number of hydrogen-bond donors (Lipinski definition) is 1. The van der Waals surface area contributed by atoms with E-state index in [2.05, 4.69) is 9.93 Å². The van der Waals surface area contributed by atoms with Crippen LogP contribution in [0.1, 0.15) is 5.56 Å². The molecule has 6 nitrogen and oxygen atoms in total. The van der Waals surface area contributed by atoms with E-state index in [1.165, 1.54) is 32.6 Å². The quantitative estimate of drug-likeness (QED) is 0.474. The van der Waals surface area contributed by atoms with Crippen LogP contribution in [0, 0.1) is 6.92 Å². The SMILES string of the molecule is COC(/C=N/NS(=O)(=O)c1ccc(C)cc1)OC. The number of nitrogens with one attached hydrogen (secondary N) is 1. The molecule has 0 amide bonds. The van der Waals surface area contributed by atoms with E-state index in [1.807, 2.05) is 6.92 Å². The number of rotatable bonds is 6. The van der Waals surface area contributed by atoms with Crippen molar-refractivity contribution >= 4 is 16.2 Å². The van der Waals surface area contributed by atoms with Crippen molar-refractivity contribution in [2.24, 2.45) is 5.10 Å². The minimum atomic E-state index is -3.65. The number of hydrazone groups is 1. The third kappa shape index (κ3) is 4.10.